The minimum Gasteiger partial charge on any atom is -0.314 e. The summed E-state index contributed by atoms with van der Waals surface area (Å²) in [5.41, 5.74) is 0. The van der Waals surface area contributed by atoms with E-state index in [0.29, 0.717) is 6.04 Å². The molecule has 1 aromatic rings. The van der Waals surface area contributed by atoms with E-state index in [1.54, 1.807) is 0 Å². The van der Waals surface area contributed by atoms with Gasteiger partial charge in [-0.25, -0.2) is 4.68 Å². The number of nitrogens with one attached hydrogen (secondary N) is 1. The second kappa shape index (κ2) is 6.58. The van der Waals surface area contributed by atoms with Crippen LogP contribution in [0.15, 0.2) is 0 Å². The van der Waals surface area contributed by atoms with E-state index in [1.807, 2.05) is 4.68 Å². The highest BCUT2D eigenvalue weighted by Crippen LogP contribution is 2.34. The van der Waals surface area contributed by atoms with E-state index in [1.165, 1.54) is 58.2 Å². The number of likely N-dealkylation sites (tertiary alicyclic amines) is 1. The van der Waals surface area contributed by atoms with Gasteiger partial charge in [-0.05, 0) is 61.4 Å². The topological polar surface area (TPSA) is 58.9 Å². The normalized spacial score (nSPS) is 24.0. The summed E-state index contributed by atoms with van der Waals surface area (Å²) in [5.74, 6) is 2.04. The average Bonchev–Trinajstić information content (AvgIpc) is 3.39. The maximum atomic E-state index is 4.20. The zero-order valence-corrected chi connectivity index (χ0v) is 13.3. The van der Waals surface area contributed by atoms with Crippen molar-refractivity contribution in [3.63, 3.8) is 0 Å². The molecule has 21 heavy (non-hydrogen) atoms. The molecule has 2 saturated carbocycles. The Kier molecular flexibility index (Phi) is 4.76. The molecule has 3 aliphatic rings. The molecule has 0 aromatic carbocycles. The molecule has 0 radical (unpaired) electrons. The molecule has 6 nitrogen and oxygen atoms in total. The molecular weight excluding hydrogens is 288 g/mol. The number of piperidine rings is 1. The first-order valence-corrected chi connectivity index (χ1v) is 8.11. The highest BCUT2D eigenvalue weighted by Gasteiger charge is 2.29. The summed E-state index contributed by atoms with van der Waals surface area (Å²) in [6.45, 7) is 4.49. The van der Waals surface area contributed by atoms with Crippen molar-refractivity contribution in [1.29, 1.82) is 0 Å². The zero-order valence-electron chi connectivity index (χ0n) is 12.4. The molecule has 4 rings (SSSR count). The van der Waals surface area contributed by atoms with Crippen molar-refractivity contribution in [2.45, 2.75) is 57.2 Å². The van der Waals surface area contributed by atoms with Gasteiger partial charge in [0.15, 0.2) is 5.82 Å². The van der Waals surface area contributed by atoms with Crippen LogP contribution in [-0.4, -0.2) is 50.8 Å². The van der Waals surface area contributed by atoms with Crippen LogP contribution in [0.3, 0.4) is 0 Å². The van der Waals surface area contributed by atoms with Crippen LogP contribution in [0.5, 0.6) is 0 Å². The molecule has 1 aliphatic heterocycles. The Hall–Kier alpha value is -0.720. The van der Waals surface area contributed by atoms with Crippen molar-refractivity contribution in [2.75, 3.05) is 19.6 Å². The van der Waals surface area contributed by atoms with Crippen molar-refractivity contribution < 1.29 is 0 Å². The van der Waals surface area contributed by atoms with E-state index in [4.69, 9.17) is 0 Å². The molecule has 1 saturated heterocycles. The van der Waals surface area contributed by atoms with Crippen LogP contribution in [-0.2, 0) is 6.54 Å². The molecule has 2 heterocycles. The quantitative estimate of drug-likeness (QED) is 0.860. The Morgan fingerprint density at radius 2 is 1.81 bits per heavy atom. The number of nitrogens with zero attached hydrogens (tertiary/aromatic N) is 5. The summed E-state index contributed by atoms with van der Waals surface area (Å²) in [6.07, 6.45) is 7.89. The summed E-state index contributed by atoms with van der Waals surface area (Å²) in [7, 11) is 0. The molecular formula is C14H25ClN6. The fourth-order valence-corrected chi connectivity index (χ4v) is 3.07. The van der Waals surface area contributed by atoms with Crippen LogP contribution in [0.4, 0.5) is 0 Å². The van der Waals surface area contributed by atoms with E-state index < -0.39 is 0 Å². The number of halogens is 1. The van der Waals surface area contributed by atoms with Crippen molar-refractivity contribution in [1.82, 2.24) is 30.4 Å². The Balaban J connectivity index is 0.00000132. The molecule has 118 valence electrons. The zero-order chi connectivity index (χ0) is 13.4. The third kappa shape index (κ3) is 3.93. The molecule has 0 amide bonds. The van der Waals surface area contributed by atoms with Gasteiger partial charge in [-0.1, -0.05) is 0 Å². The molecule has 0 unspecified atom stereocenters. The number of aromatic nitrogens is 4. The van der Waals surface area contributed by atoms with Gasteiger partial charge < -0.3 is 5.32 Å². The minimum atomic E-state index is 0. The molecule has 2 aliphatic carbocycles. The van der Waals surface area contributed by atoms with Gasteiger partial charge in [0.2, 0.25) is 0 Å². The molecule has 0 atom stereocenters. The van der Waals surface area contributed by atoms with E-state index >= 15 is 0 Å². The van der Waals surface area contributed by atoms with E-state index in [-0.39, 0.29) is 12.4 Å². The standard InChI is InChI=1S/C14H24N6.ClH/c1-2-11(1)9-15-12-5-7-19(8-6-12)10-14-16-17-18-20(14)13-3-4-13;/h11-13,15H,1-10H2;1H. The first-order valence-electron chi connectivity index (χ1n) is 8.11. The summed E-state index contributed by atoms with van der Waals surface area (Å²) < 4.78 is 2.04. The van der Waals surface area contributed by atoms with Crippen molar-refractivity contribution in [2.24, 2.45) is 5.92 Å². The van der Waals surface area contributed by atoms with E-state index in [0.717, 1.165) is 24.3 Å². The van der Waals surface area contributed by atoms with Gasteiger partial charge in [0.1, 0.15) is 0 Å². The monoisotopic (exact) mass is 312 g/mol. The summed E-state index contributed by atoms with van der Waals surface area (Å²) in [5, 5.41) is 15.9. The first kappa shape index (κ1) is 15.2. The Bertz CT molecular complexity index is 448. The third-order valence-corrected chi connectivity index (χ3v) is 4.80. The Labute approximate surface area is 132 Å². The lowest BCUT2D eigenvalue weighted by molar-refractivity contribution is 0.183. The summed E-state index contributed by atoms with van der Waals surface area (Å²) in [4.78, 5) is 2.50. The van der Waals surface area contributed by atoms with Gasteiger partial charge in [-0.3, -0.25) is 4.90 Å². The number of hydrogen-bond donors (Lipinski definition) is 1. The smallest absolute Gasteiger partial charge is 0.165 e. The predicted octanol–water partition coefficient (Wildman–Crippen LogP) is 1.39. The highest BCUT2D eigenvalue weighted by atomic mass is 35.5. The molecule has 7 heteroatoms. The molecule has 1 aromatic heterocycles. The van der Waals surface area contributed by atoms with Gasteiger partial charge >= 0.3 is 0 Å². The summed E-state index contributed by atoms with van der Waals surface area (Å²) >= 11 is 0. The van der Waals surface area contributed by atoms with Crippen LogP contribution in [0, 0.1) is 5.92 Å². The largest absolute Gasteiger partial charge is 0.314 e. The van der Waals surface area contributed by atoms with Crippen LogP contribution in [0.25, 0.3) is 0 Å². The molecule has 1 N–H and O–H groups in total. The lowest BCUT2D eigenvalue weighted by Crippen LogP contribution is -2.43. The maximum Gasteiger partial charge on any atom is 0.165 e. The SMILES string of the molecule is C1CC1CNC1CCN(Cc2nnnn2C2CC2)CC1.Cl. The maximum absolute atomic E-state index is 4.20. The average molecular weight is 313 g/mol. The molecule has 0 spiro atoms. The second-order valence-electron chi connectivity index (χ2n) is 6.67. The third-order valence-electron chi connectivity index (χ3n) is 4.80. The fourth-order valence-electron chi connectivity index (χ4n) is 3.07. The highest BCUT2D eigenvalue weighted by molar-refractivity contribution is 5.85. The number of rotatable bonds is 6. The van der Waals surface area contributed by atoms with Gasteiger partial charge in [0.25, 0.3) is 0 Å². The number of tetrazole rings is 1. The van der Waals surface area contributed by atoms with Crippen molar-refractivity contribution in [3.05, 3.63) is 5.82 Å². The summed E-state index contributed by atoms with van der Waals surface area (Å²) in [6, 6.07) is 1.31. The second-order valence-corrected chi connectivity index (χ2v) is 6.67. The first-order chi connectivity index (χ1) is 9.88. The fraction of sp³-hybridized carbons (Fsp3) is 0.929. The van der Waals surface area contributed by atoms with Gasteiger partial charge in [0, 0.05) is 19.1 Å². The van der Waals surface area contributed by atoms with Gasteiger partial charge in [0.05, 0.1) is 12.6 Å². The number of hydrogen-bond acceptors (Lipinski definition) is 5. The Morgan fingerprint density at radius 3 is 2.48 bits per heavy atom. The van der Waals surface area contributed by atoms with E-state index in [9.17, 15) is 0 Å². The van der Waals surface area contributed by atoms with Gasteiger partial charge in [-0.2, -0.15) is 0 Å². The van der Waals surface area contributed by atoms with Crippen LogP contribution in [0.2, 0.25) is 0 Å². The van der Waals surface area contributed by atoms with Crippen LogP contribution < -0.4 is 5.32 Å². The molecule has 0 bridgehead atoms. The lowest BCUT2D eigenvalue weighted by atomic mass is 10.0. The van der Waals surface area contributed by atoms with Crippen molar-refractivity contribution >= 4 is 12.4 Å². The van der Waals surface area contributed by atoms with Crippen LogP contribution in [0.1, 0.15) is 50.4 Å². The van der Waals surface area contributed by atoms with Crippen molar-refractivity contribution in [3.8, 4) is 0 Å². The molecule has 3 fully saturated rings. The lowest BCUT2D eigenvalue weighted by Gasteiger charge is -2.32. The van der Waals surface area contributed by atoms with E-state index in [2.05, 4.69) is 25.7 Å². The predicted molar refractivity (Wildman–Crippen MR) is 82.4 cm³/mol. The van der Waals surface area contributed by atoms with Crippen LogP contribution >= 0.6 is 12.4 Å². The van der Waals surface area contributed by atoms with Gasteiger partial charge in [-0.15, -0.1) is 17.5 Å². The minimum absolute atomic E-state index is 0. The Morgan fingerprint density at radius 1 is 1.05 bits per heavy atom.